The van der Waals surface area contributed by atoms with Crippen LogP contribution in [-0.4, -0.2) is 21.1 Å². The molecule has 0 saturated carbocycles. The summed E-state index contributed by atoms with van der Waals surface area (Å²) in [6.07, 6.45) is -0.588. The van der Waals surface area contributed by atoms with Gasteiger partial charge in [-0.2, -0.15) is 0 Å². The first kappa shape index (κ1) is 17.3. The zero-order valence-electron chi connectivity index (χ0n) is 12.2. The summed E-state index contributed by atoms with van der Waals surface area (Å²) in [6.45, 7) is 1.96. The fourth-order valence-corrected chi connectivity index (χ4v) is 3.34. The summed E-state index contributed by atoms with van der Waals surface area (Å²) in [5.74, 6) is 0. The van der Waals surface area contributed by atoms with Crippen LogP contribution in [0.25, 0.3) is 0 Å². The Kier molecular flexibility index (Phi) is 5.62. The molecule has 0 unspecified atom stereocenters. The van der Waals surface area contributed by atoms with Crippen LogP contribution in [0.1, 0.15) is 6.92 Å². The van der Waals surface area contributed by atoms with E-state index in [0.717, 1.165) is 0 Å². The molecule has 2 rings (SSSR count). The third-order valence-electron chi connectivity index (χ3n) is 2.80. The molecule has 0 heterocycles. The van der Waals surface area contributed by atoms with Gasteiger partial charge < -0.3 is 4.74 Å². The van der Waals surface area contributed by atoms with E-state index in [-0.39, 0.29) is 11.5 Å². The zero-order chi connectivity index (χ0) is 16.9. The standard InChI is InChI=1S/C15H15BrN2O4S/c1-2-22-15(19)17-11-7-9-12(10-8-11)23(20,21)18-14-6-4-3-5-13(14)16/h3-10,18H,2H2,1H3,(H,17,19). The molecule has 2 N–H and O–H groups in total. The van der Waals surface area contributed by atoms with Crippen molar-refractivity contribution in [2.75, 3.05) is 16.6 Å². The van der Waals surface area contributed by atoms with E-state index in [0.29, 0.717) is 15.8 Å². The molecule has 0 fully saturated rings. The molecule has 122 valence electrons. The van der Waals surface area contributed by atoms with E-state index < -0.39 is 16.1 Å². The zero-order valence-corrected chi connectivity index (χ0v) is 14.6. The summed E-state index contributed by atoms with van der Waals surface area (Å²) in [7, 11) is -3.72. The summed E-state index contributed by atoms with van der Waals surface area (Å²) in [5.41, 5.74) is 0.893. The van der Waals surface area contributed by atoms with Crippen molar-refractivity contribution in [2.24, 2.45) is 0 Å². The van der Waals surface area contributed by atoms with E-state index >= 15 is 0 Å². The Morgan fingerprint density at radius 1 is 1.13 bits per heavy atom. The van der Waals surface area contributed by atoms with Crippen molar-refractivity contribution in [1.29, 1.82) is 0 Å². The van der Waals surface area contributed by atoms with E-state index in [4.69, 9.17) is 4.74 Å². The lowest BCUT2D eigenvalue weighted by Gasteiger charge is -2.10. The molecule has 0 atom stereocenters. The van der Waals surface area contributed by atoms with Gasteiger partial charge in [0.15, 0.2) is 0 Å². The molecule has 0 radical (unpaired) electrons. The van der Waals surface area contributed by atoms with Crippen LogP contribution in [-0.2, 0) is 14.8 Å². The highest BCUT2D eigenvalue weighted by molar-refractivity contribution is 9.10. The molecule has 0 bridgehead atoms. The van der Waals surface area contributed by atoms with Crippen molar-refractivity contribution in [3.63, 3.8) is 0 Å². The van der Waals surface area contributed by atoms with Crippen molar-refractivity contribution in [3.8, 4) is 0 Å². The number of nitrogens with one attached hydrogen (secondary N) is 2. The van der Waals surface area contributed by atoms with E-state index in [1.165, 1.54) is 24.3 Å². The molecular formula is C15H15BrN2O4S. The average molecular weight is 399 g/mol. The largest absolute Gasteiger partial charge is 0.450 e. The number of halogens is 1. The number of anilines is 2. The van der Waals surface area contributed by atoms with Gasteiger partial charge in [-0.1, -0.05) is 12.1 Å². The van der Waals surface area contributed by atoms with Gasteiger partial charge in [0, 0.05) is 10.2 Å². The van der Waals surface area contributed by atoms with Gasteiger partial charge in [-0.25, -0.2) is 13.2 Å². The number of ether oxygens (including phenoxy) is 1. The summed E-state index contributed by atoms with van der Waals surface area (Å²) >= 11 is 3.29. The third kappa shape index (κ3) is 4.70. The summed E-state index contributed by atoms with van der Waals surface area (Å²) in [5, 5.41) is 2.50. The highest BCUT2D eigenvalue weighted by atomic mass is 79.9. The molecular weight excluding hydrogens is 384 g/mol. The van der Waals surface area contributed by atoms with Gasteiger partial charge in [-0.05, 0) is 59.3 Å². The molecule has 2 aromatic carbocycles. The van der Waals surface area contributed by atoms with Gasteiger partial charge in [0.1, 0.15) is 0 Å². The second kappa shape index (κ2) is 7.47. The maximum absolute atomic E-state index is 12.3. The number of carbonyl (C=O) groups is 1. The lowest BCUT2D eigenvalue weighted by Crippen LogP contribution is -2.15. The van der Waals surface area contributed by atoms with Crippen molar-refractivity contribution in [2.45, 2.75) is 11.8 Å². The number of sulfonamides is 1. The SMILES string of the molecule is CCOC(=O)Nc1ccc(S(=O)(=O)Nc2ccccc2Br)cc1. The summed E-state index contributed by atoms with van der Waals surface area (Å²) in [4.78, 5) is 11.4. The molecule has 0 saturated heterocycles. The molecule has 8 heteroatoms. The molecule has 0 spiro atoms. The van der Waals surface area contributed by atoms with Crippen molar-refractivity contribution < 1.29 is 17.9 Å². The lowest BCUT2D eigenvalue weighted by atomic mass is 10.3. The predicted octanol–water partition coefficient (Wildman–Crippen LogP) is 3.82. The Labute approximate surface area is 143 Å². The van der Waals surface area contributed by atoms with Crippen molar-refractivity contribution in [3.05, 3.63) is 53.0 Å². The average Bonchev–Trinajstić information content (AvgIpc) is 2.50. The monoisotopic (exact) mass is 398 g/mol. The molecule has 6 nitrogen and oxygen atoms in total. The fraction of sp³-hybridized carbons (Fsp3) is 0.133. The molecule has 1 amide bonds. The highest BCUT2D eigenvalue weighted by Gasteiger charge is 2.15. The minimum atomic E-state index is -3.72. The van der Waals surface area contributed by atoms with Gasteiger partial charge in [0.25, 0.3) is 10.0 Å². The number of hydrogen-bond donors (Lipinski definition) is 2. The van der Waals surface area contributed by atoms with Gasteiger partial charge in [-0.3, -0.25) is 10.0 Å². The van der Waals surface area contributed by atoms with Crippen LogP contribution < -0.4 is 10.0 Å². The minimum Gasteiger partial charge on any atom is -0.450 e. The van der Waals surface area contributed by atoms with Gasteiger partial charge in [-0.15, -0.1) is 0 Å². The highest BCUT2D eigenvalue weighted by Crippen LogP contribution is 2.25. The number of benzene rings is 2. The first-order chi connectivity index (χ1) is 10.9. The smallest absolute Gasteiger partial charge is 0.411 e. The Morgan fingerprint density at radius 3 is 2.39 bits per heavy atom. The van der Waals surface area contributed by atoms with Crippen LogP contribution in [0.4, 0.5) is 16.2 Å². The van der Waals surface area contributed by atoms with Crippen molar-refractivity contribution in [1.82, 2.24) is 0 Å². The Bertz CT molecular complexity index is 791. The van der Waals surface area contributed by atoms with Crippen LogP contribution in [0.5, 0.6) is 0 Å². The second-order valence-electron chi connectivity index (χ2n) is 4.46. The third-order valence-corrected chi connectivity index (χ3v) is 4.88. The Morgan fingerprint density at radius 2 is 1.78 bits per heavy atom. The first-order valence-electron chi connectivity index (χ1n) is 6.73. The quantitative estimate of drug-likeness (QED) is 0.801. The van der Waals surface area contributed by atoms with E-state index in [1.54, 1.807) is 31.2 Å². The molecule has 23 heavy (non-hydrogen) atoms. The molecule has 0 aliphatic carbocycles. The van der Waals surface area contributed by atoms with E-state index in [9.17, 15) is 13.2 Å². The topological polar surface area (TPSA) is 84.5 Å². The maximum Gasteiger partial charge on any atom is 0.411 e. The van der Waals surface area contributed by atoms with E-state index in [2.05, 4.69) is 26.0 Å². The van der Waals surface area contributed by atoms with Crippen molar-refractivity contribution >= 4 is 43.4 Å². The Balaban J connectivity index is 2.14. The molecule has 0 aromatic heterocycles. The normalized spacial score (nSPS) is 10.9. The predicted molar refractivity (Wildman–Crippen MR) is 92.0 cm³/mol. The number of hydrogen-bond acceptors (Lipinski definition) is 4. The maximum atomic E-state index is 12.3. The van der Waals surface area contributed by atoms with E-state index in [1.807, 2.05) is 0 Å². The number of carbonyl (C=O) groups excluding carboxylic acids is 1. The fourth-order valence-electron chi connectivity index (χ4n) is 1.75. The van der Waals surface area contributed by atoms with Crippen LogP contribution in [0.3, 0.4) is 0 Å². The molecule has 0 aliphatic heterocycles. The number of para-hydroxylation sites is 1. The molecule has 0 aliphatic rings. The van der Waals surface area contributed by atoms with Gasteiger partial charge in [0.2, 0.25) is 0 Å². The minimum absolute atomic E-state index is 0.0858. The summed E-state index contributed by atoms with van der Waals surface area (Å²) in [6, 6.07) is 12.7. The first-order valence-corrected chi connectivity index (χ1v) is 9.01. The number of amides is 1. The van der Waals surface area contributed by atoms with Crippen LogP contribution in [0.15, 0.2) is 57.9 Å². The number of rotatable bonds is 5. The lowest BCUT2D eigenvalue weighted by molar-refractivity contribution is 0.168. The van der Waals surface area contributed by atoms with Gasteiger partial charge in [0.05, 0.1) is 17.2 Å². The van der Waals surface area contributed by atoms with Crippen LogP contribution in [0.2, 0.25) is 0 Å². The Hall–Kier alpha value is -2.06. The molecule has 2 aromatic rings. The summed E-state index contributed by atoms with van der Waals surface area (Å²) < 4.78 is 32.6. The second-order valence-corrected chi connectivity index (χ2v) is 6.99. The van der Waals surface area contributed by atoms with Gasteiger partial charge >= 0.3 is 6.09 Å². The van der Waals surface area contributed by atoms with Crippen LogP contribution >= 0.6 is 15.9 Å². The van der Waals surface area contributed by atoms with Crippen LogP contribution in [0, 0.1) is 0 Å².